The zero-order valence-electron chi connectivity index (χ0n) is 14.9. The molecule has 0 spiro atoms. The molecule has 0 saturated heterocycles. The second-order valence-electron chi connectivity index (χ2n) is 7.52. The minimum atomic E-state index is 0.677. The maximum absolute atomic E-state index is 2.49. The third-order valence-corrected chi connectivity index (χ3v) is 6.51. The lowest BCUT2D eigenvalue weighted by Crippen LogP contribution is -2.40. The van der Waals surface area contributed by atoms with Crippen LogP contribution < -0.4 is 0 Å². The molecule has 23 heavy (non-hydrogen) atoms. The SMILES string of the molecule is CC[C@H]1C(c2ccccc2)C(C)C(C)C(c2ccccc2)[C@H]1C. The van der Waals surface area contributed by atoms with Crippen molar-refractivity contribution in [2.75, 3.05) is 0 Å². The minimum Gasteiger partial charge on any atom is -0.0651 e. The number of benzene rings is 2. The maximum atomic E-state index is 2.49. The highest BCUT2D eigenvalue weighted by molar-refractivity contribution is 5.28. The van der Waals surface area contributed by atoms with Gasteiger partial charge in [-0.25, -0.2) is 0 Å². The molecule has 1 fully saturated rings. The van der Waals surface area contributed by atoms with Gasteiger partial charge in [0.05, 0.1) is 0 Å². The molecule has 4 unspecified atom stereocenters. The zero-order valence-corrected chi connectivity index (χ0v) is 14.9. The quantitative estimate of drug-likeness (QED) is 0.607. The normalized spacial score (nSPS) is 34.3. The largest absolute Gasteiger partial charge is 0.0651 e. The highest BCUT2D eigenvalue weighted by atomic mass is 14.5. The molecule has 0 amide bonds. The molecule has 0 aromatic heterocycles. The lowest BCUT2D eigenvalue weighted by molar-refractivity contribution is 0.0788. The summed E-state index contributed by atoms with van der Waals surface area (Å²) in [5, 5.41) is 0. The van der Waals surface area contributed by atoms with Gasteiger partial charge in [0, 0.05) is 0 Å². The van der Waals surface area contributed by atoms with Gasteiger partial charge in [0.2, 0.25) is 0 Å². The van der Waals surface area contributed by atoms with E-state index in [9.17, 15) is 0 Å². The summed E-state index contributed by atoms with van der Waals surface area (Å²) < 4.78 is 0. The Kier molecular flexibility index (Phi) is 4.90. The molecule has 3 rings (SSSR count). The van der Waals surface area contributed by atoms with Crippen LogP contribution in [0.2, 0.25) is 0 Å². The van der Waals surface area contributed by atoms with Crippen LogP contribution in [0.5, 0.6) is 0 Å². The van der Waals surface area contributed by atoms with Crippen LogP contribution in [-0.2, 0) is 0 Å². The summed E-state index contributed by atoms with van der Waals surface area (Å²) >= 11 is 0. The predicted molar refractivity (Wildman–Crippen MR) is 99.6 cm³/mol. The minimum absolute atomic E-state index is 0.677. The molecule has 6 atom stereocenters. The third-order valence-electron chi connectivity index (χ3n) is 6.51. The summed E-state index contributed by atoms with van der Waals surface area (Å²) in [6.07, 6.45) is 1.27. The fourth-order valence-electron chi connectivity index (χ4n) is 5.25. The second kappa shape index (κ2) is 6.91. The van der Waals surface area contributed by atoms with Crippen LogP contribution in [-0.4, -0.2) is 0 Å². The van der Waals surface area contributed by atoms with E-state index in [0.717, 1.165) is 11.8 Å². The average Bonchev–Trinajstić information content (AvgIpc) is 2.59. The first kappa shape index (κ1) is 16.3. The van der Waals surface area contributed by atoms with Crippen molar-refractivity contribution < 1.29 is 0 Å². The molecule has 122 valence electrons. The molecular weight excluding hydrogens is 276 g/mol. The van der Waals surface area contributed by atoms with E-state index >= 15 is 0 Å². The first-order chi connectivity index (χ1) is 11.1. The summed E-state index contributed by atoms with van der Waals surface area (Å²) in [5.41, 5.74) is 3.07. The highest BCUT2D eigenvalue weighted by Gasteiger charge is 2.45. The molecule has 0 nitrogen and oxygen atoms in total. The molecule has 2 aromatic rings. The van der Waals surface area contributed by atoms with E-state index in [2.05, 4.69) is 88.4 Å². The summed E-state index contributed by atoms with van der Waals surface area (Å²) in [5.74, 6) is 4.26. The van der Waals surface area contributed by atoms with Gasteiger partial charge in [0.1, 0.15) is 0 Å². The standard InChI is InChI=1S/C23H30/c1-5-21-18(4)22(19-12-8-6-9-13-19)16(2)17(3)23(21)20-14-10-7-11-15-20/h6-18,21-23H,5H2,1-4H3/t16?,17?,18-,21+,22?,23?/m0/s1. The van der Waals surface area contributed by atoms with Crippen molar-refractivity contribution >= 4 is 0 Å². The van der Waals surface area contributed by atoms with Gasteiger partial charge < -0.3 is 0 Å². The topological polar surface area (TPSA) is 0 Å². The monoisotopic (exact) mass is 306 g/mol. The van der Waals surface area contributed by atoms with E-state index in [1.807, 2.05) is 0 Å². The fourth-order valence-corrected chi connectivity index (χ4v) is 5.25. The van der Waals surface area contributed by atoms with Crippen molar-refractivity contribution in [2.24, 2.45) is 23.7 Å². The van der Waals surface area contributed by atoms with E-state index in [0.29, 0.717) is 23.7 Å². The van der Waals surface area contributed by atoms with E-state index in [4.69, 9.17) is 0 Å². The molecule has 0 heteroatoms. The van der Waals surface area contributed by atoms with Gasteiger partial charge in [-0.1, -0.05) is 94.8 Å². The zero-order chi connectivity index (χ0) is 16.4. The molecule has 1 saturated carbocycles. The number of hydrogen-bond donors (Lipinski definition) is 0. The number of hydrogen-bond acceptors (Lipinski definition) is 0. The van der Waals surface area contributed by atoms with Gasteiger partial charge in [-0.15, -0.1) is 0 Å². The summed E-state index contributed by atoms with van der Waals surface area (Å²) in [6, 6.07) is 22.4. The number of rotatable bonds is 3. The first-order valence-corrected chi connectivity index (χ1v) is 9.25. The van der Waals surface area contributed by atoms with Crippen LogP contribution in [0.25, 0.3) is 0 Å². The maximum Gasteiger partial charge on any atom is -0.0102 e. The molecule has 0 heterocycles. The Hall–Kier alpha value is -1.56. The van der Waals surface area contributed by atoms with Gasteiger partial charge in [0.25, 0.3) is 0 Å². The molecule has 0 radical (unpaired) electrons. The first-order valence-electron chi connectivity index (χ1n) is 9.25. The average molecular weight is 306 g/mol. The second-order valence-corrected chi connectivity index (χ2v) is 7.52. The molecule has 0 aliphatic heterocycles. The molecule has 2 aromatic carbocycles. The van der Waals surface area contributed by atoms with Crippen LogP contribution in [0.1, 0.15) is 57.1 Å². The van der Waals surface area contributed by atoms with Crippen LogP contribution in [0, 0.1) is 23.7 Å². The summed E-state index contributed by atoms with van der Waals surface area (Å²) in [6.45, 7) is 9.82. The molecule has 0 N–H and O–H groups in total. The van der Waals surface area contributed by atoms with Crippen molar-refractivity contribution in [1.29, 1.82) is 0 Å². The van der Waals surface area contributed by atoms with E-state index in [1.54, 1.807) is 0 Å². The van der Waals surface area contributed by atoms with E-state index < -0.39 is 0 Å². The lowest BCUT2D eigenvalue weighted by atomic mass is 9.55. The van der Waals surface area contributed by atoms with Gasteiger partial charge in [-0.2, -0.15) is 0 Å². The highest BCUT2D eigenvalue weighted by Crippen LogP contribution is 2.54. The Labute approximate surface area is 141 Å². The fraction of sp³-hybridized carbons (Fsp3) is 0.478. The Morgan fingerprint density at radius 1 is 0.609 bits per heavy atom. The van der Waals surface area contributed by atoms with Crippen LogP contribution in [0.3, 0.4) is 0 Å². The molecule has 1 aliphatic rings. The van der Waals surface area contributed by atoms with Gasteiger partial charge in [-0.05, 0) is 46.6 Å². The van der Waals surface area contributed by atoms with E-state index in [-0.39, 0.29) is 0 Å². The molecule has 0 bridgehead atoms. The van der Waals surface area contributed by atoms with Gasteiger partial charge in [0.15, 0.2) is 0 Å². The Morgan fingerprint density at radius 2 is 1.04 bits per heavy atom. The predicted octanol–water partition coefficient (Wildman–Crippen LogP) is 6.50. The Bertz CT molecular complexity index is 600. The van der Waals surface area contributed by atoms with Crippen LogP contribution >= 0.6 is 0 Å². The van der Waals surface area contributed by atoms with Crippen molar-refractivity contribution in [3.8, 4) is 0 Å². The molecule has 1 aliphatic carbocycles. The van der Waals surface area contributed by atoms with E-state index in [1.165, 1.54) is 17.5 Å². The van der Waals surface area contributed by atoms with Crippen LogP contribution in [0.4, 0.5) is 0 Å². The molecular formula is C23H30. The van der Waals surface area contributed by atoms with Crippen LogP contribution in [0.15, 0.2) is 60.7 Å². The summed E-state index contributed by atoms with van der Waals surface area (Å²) in [4.78, 5) is 0. The van der Waals surface area contributed by atoms with Crippen molar-refractivity contribution in [2.45, 2.75) is 46.0 Å². The third kappa shape index (κ3) is 2.96. The Morgan fingerprint density at radius 3 is 1.52 bits per heavy atom. The van der Waals surface area contributed by atoms with Crippen molar-refractivity contribution in [3.05, 3.63) is 71.8 Å². The summed E-state index contributed by atoms with van der Waals surface area (Å²) in [7, 11) is 0. The van der Waals surface area contributed by atoms with Gasteiger partial charge in [-0.3, -0.25) is 0 Å². The van der Waals surface area contributed by atoms with Crippen molar-refractivity contribution in [1.82, 2.24) is 0 Å². The van der Waals surface area contributed by atoms with Gasteiger partial charge >= 0.3 is 0 Å². The van der Waals surface area contributed by atoms with Crippen molar-refractivity contribution in [3.63, 3.8) is 0 Å². The smallest absolute Gasteiger partial charge is 0.0102 e. The lowest BCUT2D eigenvalue weighted by Gasteiger charge is -2.50. The Balaban J connectivity index is 1.99.